The smallest absolute Gasteiger partial charge is 0.261 e. The largest absolute Gasteiger partial charge is 0.347 e. The monoisotopic (exact) mass is 286 g/mol. The molecule has 0 fully saturated rings. The number of hydrogen-bond donors (Lipinski definition) is 1. The highest BCUT2D eigenvalue weighted by atomic mass is 32.1. The van der Waals surface area contributed by atoms with Gasteiger partial charge >= 0.3 is 0 Å². The maximum atomic E-state index is 13.6. The van der Waals surface area contributed by atoms with E-state index in [0.717, 1.165) is 10.3 Å². The Morgan fingerprint density at radius 1 is 1.25 bits per heavy atom. The molecule has 0 bridgehead atoms. The molecular formula is C15H11FN2OS. The number of nitrogens with zero attached hydrogens (tertiary/aromatic N) is 1. The molecule has 100 valence electrons. The molecule has 0 aliphatic carbocycles. The van der Waals surface area contributed by atoms with Crippen molar-refractivity contribution in [2.45, 2.75) is 6.54 Å². The van der Waals surface area contributed by atoms with Crippen LogP contribution in [0.2, 0.25) is 0 Å². The first-order valence-electron chi connectivity index (χ1n) is 6.09. The lowest BCUT2D eigenvalue weighted by molar-refractivity contribution is 0.0955. The van der Waals surface area contributed by atoms with Crippen LogP contribution in [0, 0.1) is 5.82 Å². The van der Waals surface area contributed by atoms with E-state index in [0.29, 0.717) is 16.8 Å². The van der Waals surface area contributed by atoms with Crippen LogP contribution >= 0.6 is 11.3 Å². The van der Waals surface area contributed by atoms with Crippen molar-refractivity contribution in [2.24, 2.45) is 0 Å². The standard InChI is InChI=1S/C15H11FN2OS/c16-12-2-1-3-13-11(12)8-14(20-13)15(19)18-9-10-4-6-17-7-5-10/h1-8H,9H2,(H,18,19). The van der Waals surface area contributed by atoms with Crippen molar-refractivity contribution in [3.63, 3.8) is 0 Å². The van der Waals surface area contributed by atoms with E-state index >= 15 is 0 Å². The second-order valence-electron chi connectivity index (χ2n) is 4.30. The van der Waals surface area contributed by atoms with Crippen LogP contribution in [-0.2, 0) is 6.54 Å². The molecule has 1 amide bonds. The van der Waals surface area contributed by atoms with Gasteiger partial charge in [-0.25, -0.2) is 4.39 Å². The van der Waals surface area contributed by atoms with E-state index in [1.165, 1.54) is 17.4 Å². The third-order valence-corrected chi connectivity index (χ3v) is 4.03. The van der Waals surface area contributed by atoms with Crippen LogP contribution in [0.25, 0.3) is 10.1 Å². The summed E-state index contributed by atoms with van der Waals surface area (Å²) in [5.41, 5.74) is 0.973. The first kappa shape index (κ1) is 12.7. The molecule has 0 saturated carbocycles. The Hall–Kier alpha value is -2.27. The number of carbonyl (C=O) groups excluding carboxylic acids is 1. The average Bonchev–Trinajstić information content (AvgIpc) is 2.91. The zero-order valence-electron chi connectivity index (χ0n) is 10.5. The number of aromatic nitrogens is 1. The summed E-state index contributed by atoms with van der Waals surface area (Å²) in [5, 5.41) is 3.31. The maximum absolute atomic E-state index is 13.6. The highest BCUT2D eigenvalue weighted by Crippen LogP contribution is 2.27. The molecule has 0 aliphatic rings. The minimum atomic E-state index is -0.299. The molecule has 5 heteroatoms. The normalized spacial score (nSPS) is 10.7. The minimum Gasteiger partial charge on any atom is -0.347 e. The molecule has 3 nitrogen and oxygen atoms in total. The number of benzene rings is 1. The highest BCUT2D eigenvalue weighted by Gasteiger charge is 2.12. The fourth-order valence-corrected chi connectivity index (χ4v) is 2.90. The molecule has 0 saturated heterocycles. The number of nitrogens with one attached hydrogen (secondary N) is 1. The summed E-state index contributed by atoms with van der Waals surface area (Å²) in [5.74, 6) is -0.491. The molecule has 1 N–H and O–H groups in total. The highest BCUT2D eigenvalue weighted by molar-refractivity contribution is 7.20. The zero-order valence-corrected chi connectivity index (χ0v) is 11.3. The number of amides is 1. The molecule has 0 aliphatic heterocycles. The number of pyridine rings is 1. The van der Waals surface area contributed by atoms with Crippen LogP contribution in [0.4, 0.5) is 4.39 Å². The van der Waals surface area contributed by atoms with Gasteiger partial charge in [0, 0.05) is 29.0 Å². The molecule has 2 heterocycles. The van der Waals surface area contributed by atoms with E-state index in [-0.39, 0.29) is 11.7 Å². The van der Waals surface area contributed by atoms with E-state index in [4.69, 9.17) is 0 Å². The zero-order chi connectivity index (χ0) is 13.9. The van der Waals surface area contributed by atoms with Crippen molar-refractivity contribution >= 4 is 27.3 Å². The van der Waals surface area contributed by atoms with Gasteiger partial charge in [-0.15, -0.1) is 11.3 Å². The van der Waals surface area contributed by atoms with Crippen molar-refractivity contribution in [2.75, 3.05) is 0 Å². The molecular weight excluding hydrogens is 275 g/mol. The Labute approximate surface area is 119 Å². The fraction of sp³-hybridized carbons (Fsp3) is 0.0667. The van der Waals surface area contributed by atoms with Gasteiger partial charge in [0.25, 0.3) is 5.91 Å². The van der Waals surface area contributed by atoms with Gasteiger partial charge in [-0.3, -0.25) is 9.78 Å². The Morgan fingerprint density at radius 2 is 2.05 bits per heavy atom. The summed E-state index contributed by atoms with van der Waals surface area (Å²) in [6, 6.07) is 10.1. The van der Waals surface area contributed by atoms with Crippen LogP contribution in [0.1, 0.15) is 15.2 Å². The first-order chi connectivity index (χ1) is 9.74. The van der Waals surface area contributed by atoms with Crippen LogP contribution < -0.4 is 5.32 Å². The summed E-state index contributed by atoms with van der Waals surface area (Å²) in [7, 11) is 0. The van der Waals surface area contributed by atoms with Crippen molar-refractivity contribution in [3.05, 3.63) is 65.0 Å². The Morgan fingerprint density at radius 3 is 2.80 bits per heavy atom. The minimum absolute atomic E-state index is 0.192. The second-order valence-corrected chi connectivity index (χ2v) is 5.38. The SMILES string of the molecule is O=C(NCc1ccncc1)c1cc2c(F)cccc2s1. The van der Waals surface area contributed by atoms with Gasteiger partial charge < -0.3 is 5.32 Å². The quantitative estimate of drug-likeness (QED) is 0.802. The topological polar surface area (TPSA) is 42.0 Å². The number of halogens is 1. The summed E-state index contributed by atoms with van der Waals surface area (Å²) in [6.45, 7) is 0.429. The van der Waals surface area contributed by atoms with Crippen molar-refractivity contribution in [1.29, 1.82) is 0 Å². The van der Waals surface area contributed by atoms with Crippen molar-refractivity contribution < 1.29 is 9.18 Å². The summed E-state index contributed by atoms with van der Waals surface area (Å²) in [6.07, 6.45) is 3.35. The second kappa shape index (κ2) is 5.38. The third-order valence-electron chi connectivity index (χ3n) is 2.93. The average molecular weight is 286 g/mol. The lowest BCUT2D eigenvalue weighted by Gasteiger charge is -2.02. The van der Waals surface area contributed by atoms with Gasteiger partial charge in [0.05, 0.1) is 4.88 Å². The molecule has 20 heavy (non-hydrogen) atoms. The van der Waals surface area contributed by atoms with Crippen LogP contribution in [0.5, 0.6) is 0 Å². The number of rotatable bonds is 3. The van der Waals surface area contributed by atoms with E-state index in [1.807, 2.05) is 18.2 Å². The predicted octanol–water partition coefficient (Wildman–Crippen LogP) is 3.37. The summed E-state index contributed by atoms with van der Waals surface area (Å²) >= 11 is 1.29. The maximum Gasteiger partial charge on any atom is 0.261 e. The van der Waals surface area contributed by atoms with E-state index in [2.05, 4.69) is 10.3 Å². The van der Waals surface area contributed by atoms with Gasteiger partial charge in [0.15, 0.2) is 0 Å². The third kappa shape index (κ3) is 2.53. The lowest BCUT2D eigenvalue weighted by atomic mass is 10.2. The van der Waals surface area contributed by atoms with Gasteiger partial charge in [0.2, 0.25) is 0 Å². The van der Waals surface area contributed by atoms with E-state index in [9.17, 15) is 9.18 Å². The molecule has 0 atom stereocenters. The van der Waals surface area contributed by atoms with E-state index in [1.54, 1.807) is 24.5 Å². The molecule has 2 aromatic heterocycles. The predicted molar refractivity (Wildman–Crippen MR) is 77.2 cm³/mol. The van der Waals surface area contributed by atoms with E-state index < -0.39 is 0 Å². The molecule has 3 aromatic rings. The summed E-state index contributed by atoms with van der Waals surface area (Å²) < 4.78 is 14.4. The van der Waals surface area contributed by atoms with Crippen LogP contribution in [0.3, 0.4) is 0 Å². The number of fused-ring (bicyclic) bond motifs is 1. The number of hydrogen-bond acceptors (Lipinski definition) is 3. The van der Waals surface area contributed by atoms with Gasteiger partial charge in [0.1, 0.15) is 5.82 Å². The van der Waals surface area contributed by atoms with Crippen LogP contribution in [-0.4, -0.2) is 10.9 Å². The lowest BCUT2D eigenvalue weighted by Crippen LogP contribution is -2.21. The molecule has 0 spiro atoms. The fourth-order valence-electron chi connectivity index (χ4n) is 1.91. The number of carbonyl (C=O) groups is 1. The van der Waals surface area contributed by atoms with Gasteiger partial charge in [-0.1, -0.05) is 6.07 Å². The summed E-state index contributed by atoms with van der Waals surface area (Å²) in [4.78, 5) is 16.5. The molecule has 3 rings (SSSR count). The Kier molecular flexibility index (Phi) is 3.43. The Balaban J connectivity index is 1.77. The molecule has 0 radical (unpaired) electrons. The first-order valence-corrected chi connectivity index (χ1v) is 6.91. The van der Waals surface area contributed by atoms with Crippen molar-refractivity contribution in [1.82, 2.24) is 10.3 Å². The number of thiophene rings is 1. The van der Waals surface area contributed by atoms with Crippen molar-refractivity contribution in [3.8, 4) is 0 Å². The Bertz CT molecular complexity index is 755. The van der Waals surface area contributed by atoms with Gasteiger partial charge in [-0.2, -0.15) is 0 Å². The van der Waals surface area contributed by atoms with Crippen LogP contribution in [0.15, 0.2) is 48.8 Å². The molecule has 0 unspecified atom stereocenters. The van der Waals surface area contributed by atoms with Gasteiger partial charge in [-0.05, 0) is 35.9 Å². The molecule has 1 aromatic carbocycles.